The molecular formula is C44H36N4. The maximum Gasteiger partial charge on any atom is 0.187 e. The molecule has 0 N–H and O–H groups in total. The molecule has 10 rings (SSSR count). The SMILES string of the molecule is [C-]#[N+]c1ccc(-c2nc(-c3ccccc3)nc(-c3ccc(-c4ccc(C56CC7CC(CC(C7)C5)C6)cc4-c4ccccc4)cc3)n2)cc1. The number of rotatable bonds is 6. The van der Waals surface area contributed by atoms with Gasteiger partial charge in [0.1, 0.15) is 0 Å². The Labute approximate surface area is 282 Å². The molecule has 232 valence electrons. The zero-order valence-corrected chi connectivity index (χ0v) is 26.9. The van der Waals surface area contributed by atoms with E-state index < -0.39 is 0 Å². The Morgan fingerprint density at radius 3 is 1.44 bits per heavy atom. The summed E-state index contributed by atoms with van der Waals surface area (Å²) in [6.45, 7) is 7.33. The highest BCUT2D eigenvalue weighted by molar-refractivity contribution is 5.85. The molecule has 0 saturated heterocycles. The second-order valence-corrected chi connectivity index (χ2v) is 14.2. The second-order valence-electron chi connectivity index (χ2n) is 14.2. The average molecular weight is 621 g/mol. The van der Waals surface area contributed by atoms with Crippen molar-refractivity contribution in [1.82, 2.24) is 15.0 Å². The fraction of sp³-hybridized carbons (Fsp3) is 0.227. The summed E-state index contributed by atoms with van der Waals surface area (Å²) >= 11 is 0. The molecule has 0 unspecified atom stereocenters. The minimum absolute atomic E-state index is 0.351. The van der Waals surface area contributed by atoms with Crippen molar-refractivity contribution in [2.75, 3.05) is 0 Å². The maximum atomic E-state index is 7.33. The summed E-state index contributed by atoms with van der Waals surface area (Å²) in [5, 5.41) is 0. The van der Waals surface area contributed by atoms with Gasteiger partial charge in [-0.25, -0.2) is 19.8 Å². The summed E-state index contributed by atoms with van der Waals surface area (Å²) in [6.07, 6.45) is 8.47. The Kier molecular flexibility index (Phi) is 7.01. The molecule has 1 aromatic heterocycles. The van der Waals surface area contributed by atoms with Crippen LogP contribution in [0.3, 0.4) is 0 Å². The molecule has 5 aromatic carbocycles. The largest absolute Gasteiger partial charge is 0.238 e. The van der Waals surface area contributed by atoms with Gasteiger partial charge < -0.3 is 0 Å². The zero-order chi connectivity index (χ0) is 32.1. The summed E-state index contributed by atoms with van der Waals surface area (Å²) in [6, 6.07) is 44.4. The van der Waals surface area contributed by atoms with E-state index in [0.29, 0.717) is 28.6 Å². The van der Waals surface area contributed by atoms with Crippen LogP contribution in [0.1, 0.15) is 44.1 Å². The van der Waals surface area contributed by atoms with Gasteiger partial charge >= 0.3 is 0 Å². The maximum absolute atomic E-state index is 7.33. The number of nitrogens with zero attached hydrogens (tertiary/aromatic N) is 4. The Balaban J connectivity index is 1.11. The number of aromatic nitrogens is 3. The summed E-state index contributed by atoms with van der Waals surface area (Å²) in [5.41, 5.74) is 10.2. The van der Waals surface area contributed by atoms with E-state index in [4.69, 9.17) is 21.5 Å². The highest BCUT2D eigenvalue weighted by Gasteiger charge is 2.51. The van der Waals surface area contributed by atoms with Crippen molar-refractivity contribution in [3.63, 3.8) is 0 Å². The van der Waals surface area contributed by atoms with Crippen LogP contribution in [-0.4, -0.2) is 15.0 Å². The van der Waals surface area contributed by atoms with E-state index in [-0.39, 0.29) is 0 Å². The van der Waals surface area contributed by atoms with E-state index in [0.717, 1.165) is 34.4 Å². The molecule has 0 atom stereocenters. The summed E-state index contributed by atoms with van der Waals surface area (Å²) in [5.74, 6) is 4.59. The Bertz CT molecular complexity index is 2110. The van der Waals surface area contributed by atoms with Crippen LogP contribution in [0.4, 0.5) is 5.69 Å². The standard InChI is InChI=1S/C44H36N4/c1-45-38-19-16-36(17-20-38)43-47-41(34-10-6-3-7-11-34)46-42(48-43)35-14-12-33(13-15-35)39-21-18-37(25-40(39)32-8-4-2-5-9-32)44-26-29-22-30(27-44)24-31(23-29)28-44/h2-21,25,29-31H,22-24,26-28H2. The Morgan fingerprint density at radius 1 is 0.479 bits per heavy atom. The molecular weight excluding hydrogens is 585 g/mol. The van der Waals surface area contributed by atoms with Gasteiger partial charge in [-0.15, -0.1) is 0 Å². The van der Waals surface area contributed by atoms with E-state index in [1.165, 1.54) is 60.8 Å². The van der Waals surface area contributed by atoms with Crippen LogP contribution in [0.25, 0.3) is 61.3 Å². The third-order valence-corrected chi connectivity index (χ3v) is 11.1. The first-order valence-corrected chi connectivity index (χ1v) is 17.2. The van der Waals surface area contributed by atoms with Crippen molar-refractivity contribution in [1.29, 1.82) is 0 Å². The summed E-state index contributed by atoms with van der Waals surface area (Å²) in [4.78, 5) is 18.2. The van der Waals surface area contributed by atoms with Crippen molar-refractivity contribution < 1.29 is 0 Å². The van der Waals surface area contributed by atoms with Gasteiger partial charge in [0.05, 0.1) is 6.57 Å². The van der Waals surface area contributed by atoms with Crippen LogP contribution in [0.15, 0.2) is 127 Å². The molecule has 4 bridgehead atoms. The van der Waals surface area contributed by atoms with Crippen LogP contribution in [0.2, 0.25) is 0 Å². The minimum atomic E-state index is 0.351. The van der Waals surface area contributed by atoms with Gasteiger partial charge in [0.15, 0.2) is 23.2 Å². The fourth-order valence-electron chi connectivity index (χ4n) is 9.28. The normalized spacial score (nSPS) is 22.4. The molecule has 4 fully saturated rings. The van der Waals surface area contributed by atoms with Gasteiger partial charge in [-0.2, -0.15) is 0 Å². The molecule has 4 aliphatic carbocycles. The average Bonchev–Trinajstić information content (AvgIpc) is 3.15. The third-order valence-electron chi connectivity index (χ3n) is 11.1. The molecule has 4 heteroatoms. The lowest BCUT2D eigenvalue weighted by atomic mass is 9.48. The molecule has 0 aliphatic heterocycles. The monoisotopic (exact) mass is 620 g/mol. The number of benzene rings is 5. The van der Waals surface area contributed by atoms with E-state index in [2.05, 4.69) is 77.6 Å². The van der Waals surface area contributed by atoms with Crippen LogP contribution in [0, 0.1) is 24.3 Å². The fourth-order valence-corrected chi connectivity index (χ4v) is 9.28. The van der Waals surface area contributed by atoms with Gasteiger partial charge in [-0.05, 0) is 95.6 Å². The lowest BCUT2D eigenvalue weighted by molar-refractivity contribution is -0.00516. The van der Waals surface area contributed by atoms with Crippen LogP contribution in [-0.2, 0) is 5.41 Å². The van der Waals surface area contributed by atoms with Crippen molar-refractivity contribution in [2.45, 2.75) is 43.9 Å². The van der Waals surface area contributed by atoms with Gasteiger partial charge in [-0.1, -0.05) is 121 Å². The van der Waals surface area contributed by atoms with E-state index in [9.17, 15) is 0 Å². The highest BCUT2D eigenvalue weighted by atomic mass is 15.0. The predicted octanol–water partition coefficient (Wildman–Crippen LogP) is 11.2. The Hall–Kier alpha value is -5.40. The molecule has 1 heterocycles. The molecule has 4 saturated carbocycles. The zero-order valence-electron chi connectivity index (χ0n) is 26.9. The van der Waals surface area contributed by atoms with Crippen LogP contribution >= 0.6 is 0 Å². The van der Waals surface area contributed by atoms with Gasteiger partial charge in [0.25, 0.3) is 0 Å². The number of hydrogen-bond acceptors (Lipinski definition) is 3. The molecule has 4 nitrogen and oxygen atoms in total. The highest BCUT2D eigenvalue weighted by Crippen LogP contribution is 2.61. The lowest BCUT2D eigenvalue weighted by Gasteiger charge is -2.57. The second kappa shape index (κ2) is 11.7. The molecule has 4 aliphatic rings. The van der Waals surface area contributed by atoms with Gasteiger partial charge in [0, 0.05) is 16.7 Å². The third kappa shape index (κ3) is 5.20. The minimum Gasteiger partial charge on any atom is -0.238 e. The smallest absolute Gasteiger partial charge is 0.187 e. The van der Waals surface area contributed by atoms with Crippen molar-refractivity contribution >= 4 is 5.69 Å². The molecule has 0 amide bonds. The van der Waals surface area contributed by atoms with Crippen molar-refractivity contribution in [3.8, 4) is 56.4 Å². The molecule has 48 heavy (non-hydrogen) atoms. The number of hydrogen-bond donors (Lipinski definition) is 0. The van der Waals surface area contributed by atoms with Crippen molar-refractivity contribution in [2.24, 2.45) is 17.8 Å². The quantitative estimate of drug-likeness (QED) is 0.174. The first-order valence-electron chi connectivity index (χ1n) is 17.2. The first-order chi connectivity index (χ1) is 23.6. The van der Waals surface area contributed by atoms with Crippen LogP contribution in [0.5, 0.6) is 0 Å². The molecule has 6 aromatic rings. The van der Waals surface area contributed by atoms with Crippen molar-refractivity contribution in [3.05, 3.63) is 144 Å². The molecule has 0 radical (unpaired) electrons. The summed E-state index contributed by atoms with van der Waals surface area (Å²) in [7, 11) is 0. The first kappa shape index (κ1) is 28.8. The predicted molar refractivity (Wildman–Crippen MR) is 193 cm³/mol. The summed E-state index contributed by atoms with van der Waals surface area (Å²) < 4.78 is 0. The topological polar surface area (TPSA) is 43.0 Å². The molecule has 0 spiro atoms. The van der Waals surface area contributed by atoms with Gasteiger partial charge in [0.2, 0.25) is 0 Å². The lowest BCUT2D eigenvalue weighted by Crippen LogP contribution is -2.48. The van der Waals surface area contributed by atoms with E-state index in [1.807, 2.05) is 54.6 Å². The van der Waals surface area contributed by atoms with Gasteiger partial charge in [-0.3, -0.25) is 0 Å². The van der Waals surface area contributed by atoms with Crippen LogP contribution < -0.4 is 0 Å². The Morgan fingerprint density at radius 2 is 0.917 bits per heavy atom. The van der Waals surface area contributed by atoms with E-state index >= 15 is 0 Å². The van der Waals surface area contributed by atoms with E-state index in [1.54, 1.807) is 5.56 Å².